The molecule has 1 saturated carbocycles. The molecule has 144 valence electrons. The lowest BCUT2D eigenvalue weighted by Crippen LogP contribution is -2.47. The third-order valence-electron chi connectivity index (χ3n) is 5.98. The number of pyridine rings is 1. The standard InChI is InChI=1S/C21H30N6/c1-3-20(17-22-9-1)27-15-13-26(14-16-27)12-8-18-4-6-19(7-5-18)25-21-23-10-2-11-24-21/h1-3,9-11,17-19H,4-8,12-16H2,(H,23,24,25). The first-order chi connectivity index (χ1) is 13.4. The highest BCUT2D eigenvalue weighted by Gasteiger charge is 2.23. The predicted molar refractivity (Wildman–Crippen MR) is 109 cm³/mol. The third-order valence-corrected chi connectivity index (χ3v) is 5.98. The van der Waals surface area contributed by atoms with Gasteiger partial charge in [0.1, 0.15) is 0 Å². The van der Waals surface area contributed by atoms with Gasteiger partial charge in [0.05, 0.1) is 11.9 Å². The van der Waals surface area contributed by atoms with Crippen LogP contribution in [0.4, 0.5) is 11.6 Å². The molecule has 0 radical (unpaired) electrons. The minimum atomic E-state index is 0.534. The van der Waals surface area contributed by atoms with Gasteiger partial charge in [0.2, 0.25) is 5.95 Å². The van der Waals surface area contributed by atoms with Crippen molar-refractivity contribution in [2.75, 3.05) is 42.9 Å². The second-order valence-electron chi connectivity index (χ2n) is 7.76. The summed E-state index contributed by atoms with van der Waals surface area (Å²) in [4.78, 5) is 17.9. The van der Waals surface area contributed by atoms with Gasteiger partial charge < -0.3 is 10.2 Å². The van der Waals surface area contributed by atoms with Crippen LogP contribution in [0, 0.1) is 5.92 Å². The lowest BCUT2D eigenvalue weighted by molar-refractivity contribution is 0.218. The van der Waals surface area contributed by atoms with E-state index in [1.165, 1.54) is 44.3 Å². The summed E-state index contributed by atoms with van der Waals surface area (Å²) < 4.78 is 0. The fourth-order valence-corrected chi connectivity index (χ4v) is 4.29. The van der Waals surface area contributed by atoms with Crippen molar-refractivity contribution in [2.24, 2.45) is 5.92 Å². The Hall–Kier alpha value is -2.21. The molecule has 2 aromatic rings. The molecule has 1 saturated heterocycles. The van der Waals surface area contributed by atoms with Crippen molar-refractivity contribution in [3.8, 4) is 0 Å². The van der Waals surface area contributed by atoms with Crippen LogP contribution in [0.2, 0.25) is 0 Å². The Bertz CT molecular complexity index is 664. The maximum Gasteiger partial charge on any atom is 0.222 e. The van der Waals surface area contributed by atoms with Gasteiger partial charge in [0.15, 0.2) is 0 Å². The van der Waals surface area contributed by atoms with Crippen LogP contribution >= 0.6 is 0 Å². The van der Waals surface area contributed by atoms with Gasteiger partial charge in [-0.1, -0.05) is 0 Å². The Balaban J connectivity index is 1.14. The van der Waals surface area contributed by atoms with Crippen molar-refractivity contribution in [2.45, 2.75) is 38.1 Å². The van der Waals surface area contributed by atoms with Gasteiger partial charge in [-0.25, -0.2) is 9.97 Å². The molecule has 1 aliphatic carbocycles. The molecule has 2 aliphatic rings. The summed E-state index contributed by atoms with van der Waals surface area (Å²) in [7, 11) is 0. The van der Waals surface area contributed by atoms with E-state index in [1.54, 1.807) is 12.4 Å². The van der Waals surface area contributed by atoms with E-state index in [9.17, 15) is 0 Å². The van der Waals surface area contributed by atoms with Gasteiger partial charge in [-0.05, 0) is 62.8 Å². The number of nitrogens with zero attached hydrogens (tertiary/aromatic N) is 5. The molecular weight excluding hydrogens is 336 g/mol. The van der Waals surface area contributed by atoms with Crippen molar-refractivity contribution in [3.05, 3.63) is 43.0 Å². The fraction of sp³-hybridized carbons (Fsp3) is 0.571. The fourth-order valence-electron chi connectivity index (χ4n) is 4.29. The van der Waals surface area contributed by atoms with E-state index in [-0.39, 0.29) is 0 Å². The summed E-state index contributed by atoms with van der Waals surface area (Å²) in [5.41, 5.74) is 1.25. The van der Waals surface area contributed by atoms with Gasteiger partial charge in [-0.3, -0.25) is 9.88 Å². The summed E-state index contributed by atoms with van der Waals surface area (Å²) in [6.07, 6.45) is 13.9. The summed E-state index contributed by atoms with van der Waals surface area (Å²) in [6.45, 7) is 5.79. The van der Waals surface area contributed by atoms with Gasteiger partial charge in [0, 0.05) is 50.8 Å². The van der Waals surface area contributed by atoms with Crippen molar-refractivity contribution >= 4 is 11.6 Å². The lowest BCUT2D eigenvalue weighted by atomic mass is 9.84. The van der Waals surface area contributed by atoms with Crippen LogP contribution in [0.3, 0.4) is 0 Å². The minimum Gasteiger partial charge on any atom is -0.368 e. The topological polar surface area (TPSA) is 57.2 Å². The van der Waals surface area contributed by atoms with Gasteiger partial charge in [-0.15, -0.1) is 0 Å². The average Bonchev–Trinajstić information content (AvgIpc) is 2.75. The monoisotopic (exact) mass is 366 g/mol. The molecule has 3 heterocycles. The summed E-state index contributed by atoms with van der Waals surface area (Å²) in [5, 5.41) is 3.48. The molecule has 1 N–H and O–H groups in total. The number of hydrogen-bond acceptors (Lipinski definition) is 6. The minimum absolute atomic E-state index is 0.534. The molecule has 1 aliphatic heterocycles. The highest BCUT2D eigenvalue weighted by molar-refractivity contribution is 5.44. The van der Waals surface area contributed by atoms with E-state index < -0.39 is 0 Å². The van der Waals surface area contributed by atoms with Crippen LogP contribution in [0.25, 0.3) is 0 Å². The molecule has 0 spiro atoms. The summed E-state index contributed by atoms with van der Waals surface area (Å²) >= 11 is 0. The normalized spacial score (nSPS) is 23.9. The zero-order valence-electron chi connectivity index (χ0n) is 16.0. The van der Waals surface area contributed by atoms with Crippen molar-refractivity contribution in [1.29, 1.82) is 0 Å². The first-order valence-electron chi connectivity index (χ1n) is 10.3. The quantitative estimate of drug-likeness (QED) is 0.848. The number of hydrogen-bond donors (Lipinski definition) is 1. The van der Waals surface area contributed by atoms with Crippen LogP contribution in [-0.2, 0) is 0 Å². The van der Waals surface area contributed by atoms with E-state index in [0.717, 1.165) is 38.0 Å². The first-order valence-corrected chi connectivity index (χ1v) is 10.3. The Kier molecular flexibility index (Phi) is 6.14. The number of rotatable bonds is 6. The molecule has 0 aromatic carbocycles. The Morgan fingerprint density at radius 3 is 2.41 bits per heavy atom. The zero-order chi connectivity index (χ0) is 18.3. The maximum absolute atomic E-state index is 4.28. The highest BCUT2D eigenvalue weighted by atomic mass is 15.3. The number of anilines is 2. The van der Waals surface area contributed by atoms with Crippen molar-refractivity contribution in [1.82, 2.24) is 19.9 Å². The van der Waals surface area contributed by atoms with Crippen molar-refractivity contribution in [3.63, 3.8) is 0 Å². The van der Waals surface area contributed by atoms with E-state index >= 15 is 0 Å². The molecule has 27 heavy (non-hydrogen) atoms. The predicted octanol–water partition coefficient (Wildman–Crippen LogP) is 3.05. The molecular formula is C21H30N6. The first kappa shape index (κ1) is 18.2. The summed E-state index contributed by atoms with van der Waals surface area (Å²) in [6, 6.07) is 6.58. The molecule has 2 aromatic heterocycles. The van der Waals surface area contributed by atoms with Crippen LogP contribution in [0.5, 0.6) is 0 Å². The van der Waals surface area contributed by atoms with E-state index in [1.807, 2.05) is 24.5 Å². The smallest absolute Gasteiger partial charge is 0.222 e. The molecule has 2 fully saturated rings. The Labute approximate surface area is 162 Å². The average molecular weight is 367 g/mol. The van der Waals surface area contributed by atoms with Gasteiger partial charge in [0.25, 0.3) is 0 Å². The van der Waals surface area contributed by atoms with E-state index in [4.69, 9.17) is 0 Å². The number of aromatic nitrogens is 3. The third kappa shape index (κ3) is 5.16. The summed E-state index contributed by atoms with van der Waals surface area (Å²) in [5.74, 6) is 1.64. The van der Waals surface area contributed by atoms with Crippen LogP contribution in [0.15, 0.2) is 43.0 Å². The second kappa shape index (κ2) is 9.13. The zero-order valence-corrected chi connectivity index (χ0v) is 16.0. The van der Waals surface area contributed by atoms with Crippen LogP contribution in [-0.4, -0.2) is 58.6 Å². The van der Waals surface area contributed by atoms with E-state index in [0.29, 0.717) is 6.04 Å². The molecule has 0 amide bonds. The highest BCUT2D eigenvalue weighted by Crippen LogP contribution is 2.28. The number of nitrogens with one attached hydrogen (secondary N) is 1. The molecule has 0 atom stereocenters. The molecule has 6 heteroatoms. The molecule has 4 rings (SSSR count). The number of piperazine rings is 1. The maximum atomic E-state index is 4.28. The van der Waals surface area contributed by atoms with Crippen LogP contribution < -0.4 is 10.2 Å². The molecule has 0 unspecified atom stereocenters. The molecule has 0 bridgehead atoms. The largest absolute Gasteiger partial charge is 0.368 e. The SMILES string of the molecule is c1cnc(NC2CCC(CCN3CCN(c4cccnc4)CC3)CC2)nc1. The second-order valence-corrected chi connectivity index (χ2v) is 7.76. The Morgan fingerprint density at radius 2 is 1.70 bits per heavy atom. The van der Waals surface area contributed by atoms with E-state index in [2.05, 4.69) is 36.1 Å². The van der Waals surface area contributed by atoms with Gasteiger partial charge in [-0.2, -0.15) is 0 Å². The van der Waals surface area contributed by atoms with Gasteiger partial charge >= 0.3 is 0 Å². The Morgan fingerprint density at radius 1 is 0.926 bits per heavy atom. The van der Waals surface area contributed by atoms with Crippen LogP contribution in [0.1, 0.15) is 32.1 Å². The lowest BCUT2D eigenvalue weighted by Gasteiger charge is -2.37. The molecule has 6 nitrogen and oxygen atoms in total. The van der Waals surface area contributed by atoms with Crippen molar-refractivity contribution < 1.29 is 0 Å².